The van der Waals surface area contributed by atoms with Crippen molar-refractivity contribution < 1.29 is 4.79 Å². The summed E-state index contributed by atoms with van der Waals surface area (Å²) >= 11 is 3.40. The Morgan fingerprint density at radius 1 is 1.56 bits per heavy atom. The first-order valence-corrected chi connectivity index (χ1v) is 6.49. The van der Waals surface area contributed by atoms with Crippen molar-refractivity contribution >= 4 is 27.5 Å². The van der Waals surface area contributed by atoms with Crippen molar-refractivity contribution in [1.29, 1.82) is 0 Å². The van der Waals surface area contributed by atoms with E-state index in [1.165, 1.54) is 0 Å². The minimum Gasteiger partial charge on any atom is -0.350 e. The highest BCUT2D eigenvalue weighted by atomic mass is 79.9. The van der Waals surface area contributed by atoms with Crippen molar-refractivity contribution in [2.45, 2.75) is 25.9 Å². The molecular weight excluding hydrogens is 296 g/mol. The summed E-state index contributed by atoms with van der Waals surface area (Å²) in [4.78, 5) is 15.9. The number of hydrogen-bond acceptors (Lipinski definition) is 3. The van der Waals surface area contributed by atoms with E-state index >= 15 is 0 Å². The fraction of sp³-hybridized carbons (Fsp3) is 0.333. The molecule has 2 rings (SSSR count). The maximum atomic E-state index is 11.5. The van der Waals surface area contributed by atoms with E-state index < -0.39 is 0 Å². The number of pyridine rings is 1. The van der Waals surface area contributed by atoms with E-state index in [1.807, 2.05) is 35.9 Å². The highest BCUT2D eigenvalue weighted by Crippen LogP contribution is 2.12. The van der Waals surface area contributed by atoms with Gasteiger partial charge in [-0.3, -0.25) is 4.79 Å². The Labute approximate surface area is 114 Å². The molecule has 0 saturated heterocycles. The van der Waals surface area contributed by atoms with E-state index in [1.54, 1.807) is 0 Å². The number of rotatable bonds is 4. The van der Waals surface area contributed by atoms with Gasteiger partial charge in [-0.05, 0) is 35.0 Å². The minimum absolute atomic E-state index is 0.0526. The molecule has 0 aliphatic carbocycles. The lowest BCUT2D eigenvalue weighted by atomic mass is 10.2. The summed E-state index contributed by atoms with van der Waals surface area (Å²) in [6.07, 6.45) is 4.15. The van der Waals surface area contributed by atoms with Crippen LogP contribution in [0.4, 0.5) is 0 Å². The number of halogens is 1. The summed E-state index contributed by atoms with van der Waals surface area (Å²) in [6.45, 7) is 2.23. The van der Waals surface area contributed by atoms with Crippen molar-refractivity contribution in [2.24, 2.45) is 5.73 Å². The van der Waals surface area contributed by atoms with Gasteiger partial charge in [0.05, 0.1) is 12.2 Å². The van der Waals surface area contributed by atoms with Crippen molar-refractivity contribution in [1.82, 2.24) is 14.7 Å². The number of nitrogens with zero attached hydrogens (tertiary/aromatic N) is 2. The lowest BCUT2D eigenvalue weighted by Gasteiger charge is -2.05. The van der Waals surface area contributed by atoms with Gasteiger partial charge >= 0.3 is 0 Å². The van der Waals surface area contributed by atoms with Crippen molar-refractivity contribution in [3.63, 3.8) is 0 Å². The molecule has 2 heterocycles. The molecule has 5 nitrogen and oxygen atoms in total. The zero-order valence-corrected chi connectivity index (χ0v) is 11.6. The molecule has 1 amide bonds. The van der Waals surface area contributed by atoms with E-state index in [4.69, 9.17) is 5.73 Å². The fourth-order valence-electron chi connectivity index (χ4n) is 1.66. The summed E-state index contributed by atoms with van der Waals surface area (Å²) in [5.41, 5.74) is 7.24. The smallest absolute Gasteiger partial charge is 0.221 e. The molecule has 0 fully saturated rings. The fourth-order valence-corrected chi connectivity index (χ4v) is 2.01. The molecule has 1 atom stereocenters. The van der Waals surface area contributed by atoms with Crippen LogP contribution in [0.25, 0.3) is 5.65 Å². The first-order chi connectivity index (χ1) is 8.54. The predicted molar refractivity (Wildman–Crippen MR) is 73.0 cm³/mol. The maximum Gasteiger partial charge on any atom is 0.221 e. The molecule has 0 aromatic carbocycles. The normalized spacial score (nSPS) is 12.6. The third kappa shape index (κ3) is 3.30. The van der Waals surface area contributed by atoms with E-state index in [0.717, 1.165) is 15.8 Å². The van der Waals surface area contributed by atoms with Gasteiger partial charge in [-0.2, -0.15) is 0 Å². The van der Waals surface area contributed by atoms with Crippen LogP contribution in [-0.2, 0) is 11.3 Å². The maximum absolute atomic E-state index is 11.5. The lowest BCUT2D eigenvalue weighted by Crippen LogP contribution is -2.29. The SMILES string of the molecule is CC(N)CC(=O)NCc1cn2cc(Br)ccc2n1. The Morgan fingerprint density at radius 3 is 3.06 bits per heavy atom. The number of fused-ring (bicyclic) bond motifs is 1. The molecular formula is C12H15BrN4O. The standard InChI is InChI=1S/C12H15BrN4O/c1-8(14)4-12(18)15-5-10-7-17-6-9(13)2-3-11(17)16-10/h2-3,6-8H,4-5,14H2,1H3,(H,15,18). The van der Waals surface area contributed by atoms with E-state index in [-0.39, 0.29) is 11.9 Å². The average Bonchev–Trinajstić information content (AvgIpc) is 2.67. The molecule has 6 heteroatoms. The van der Waals surface area contributed by atoms with E-state index in [2.05, 4.69) is 26.2 Å². The summed E-state index contributed by atoms with van der Waals surface area (Å²) in [5, 5.41) is 2.80. The molecule has 1 unspecified atom stereocenters. The highest BCUT2D eigenvalue weighted by Gasteiger charge is 2.06. The van der Waals surface area contributed by atoms with Crippen LogP contribution in [0.5, 0.6) is 0 Å². The summed E-state index contributed by atoms with van der Waals surface area (Å²) in [6, 6.07) is 3.72. The zero-order chi connectivity index (χ0) is 13.1. The van der Waals surface area contributed by atoms with Crippen molar-refractivity contribution in [2.75, 3.05) is 0 Å². The summed E-state index contributed by atoms with van der Waals surface area (Å²) in [7, 11) is 0. The second-order valence-electron chi connectivity index (χ2n) is 4.30. The summed E-state index contributed by atoms with van der Waals surface area (Å²) < 4.78 is 2.90. The number of nitrogens with one attached hydrogen (secondary N) is 1. The van der Waals surface area contributed by atoms with Crippen molar-refractivity contribution in [3.05, 3.63) is 34.7 Å². The molecule has 0 saturated carbocycles. The molecule has 0 spiro atoms. The molecule has 96 valence electrons. The van der Waals surface area contributed by atoms with Gasteiger partial charge in [-0.15, -0.1) is 0 Å². The molecule has 0 radical (unpaired) electrons. The Morgan fingerprint density at radius 2 is 2.33 bits per heavy atom. The van der Waals surface area contributed by atoms with E-state index in [9.17, 15) is 4.79 Å². The van der Waals surface area contributed by atoms with Crippen LogP contribution in [0.2, 0.25) is 0 Å². The van der Waals surface area contributed by atoms with Crippen LogP contribution < -0.4 is 11.1 Å². The Bertz CT molecular complexity index is 564. The third-order valence-corrected chi connectivity index (χ3v) is 2.91. The van der Waals surface area contributed by atoms with Gasteiger partial charge in [0.1, 0.15) is 5.65 Å². The monoisotopic (exact) mass is 310 g/mol. The Kier molecular flexibility index (Phi) is 3.98. The van der Waals surface area contributed by atoms with Gasteiger partial charge in [0.2, 0.25) is 5.91 Å². The predicted octanol–water partition coefficient (Wildman–Crippen LogP) is 1.45. The van der Waals surface area contributed by atoms with Crippen molar-refractivity contribution in [3.8, 4) is 0 Å². The largest absolute Gasteiger partial charge is 0.350 e. The minimum atomic E-state index is -0.123. The number of imidazole rings is 1. The number of nitrogens with two attached hydrogens (primary N) is 1. The van der Waals surface area contributed by atoms with Gasteiger partial charge < -0.3 is 15.5 Å². The average molecular weight is 311 g/mol. The molecule has 0 bridgehead atoms. The molecule has 0 aliphatic rings. The lowest BCUT2D eigenvalue weighted by molar-refractivity contribution is -0.121. The quantitative estimate of drug-likeness (QED) is 0.898. The molecule has 3 N–H and O–H groups in total. The first-order valence-electron chi connectivity index (χ1n) is 5.70. The molecule has 0 aliphatic heterocycles. The van der Waals surface area contributed by atoms with Gasteiger partial charge in [-0.1, -0.05) is 0 Å². The van der Waals surface area contributed by atoms with Crippen LogP contribution in [-0.4, -0.2) is 21.3 Å². The molecule has 18 heavy (non-hydrogen) atoms. The van der Waals surface area contributed by atoms with Gasteiger partial charge in [0, 0.05) is 29.3 Å². The first kappa shape index (κ1) is 13.0. The van der Waals surface area contributed by atoms with Gasteiger partial charge in [-0.25, -0.2) is 4.98 Å². The zero-order valence-electron chi connectivity index (χ0n) is 10.1. The second kappa shape index (κ2) is 5.49. The number of aromatic nitrogens is 2. The second-order valence-corrected chi connectivity index (χ2v) is 5.22. The molecule has 2 aromatic heterocycles. The number of amides is 1. The number of hydrogen-bond donors (Lipinski definition) is 2. The van der Waals surface area contributed by atoms with Crippen LogP contribution in [0.1, 0.15) is 19.0 Å². The summed E-state index contributed by atoms with van der Waals surface area (Å²) in [5.74, 6) is -0.0526. The number of carbonyl (C=O) groups is 1. The van der Waals surface area contributed by atoms with Crippen LogP contribution >= 0.6 is 15.9 Å². The van der Waals surface area contributed by atoms with Gasteiger partial charge in [0.25, 0.3) is 0 Å². The van der Waals surface area contributed by atoms with Crippen LogP contribution in [0, 0.1) is 0 Å². The topological polar surface area (TPSA) is 72.4 Å². The Balaban J connectivity index is 2.02. The van der Waals surface area contributed by atoms with Crippen LogP contribution in [0.3, 0.4) is 0 Å². The Hall–Kier alpha value is -1.40. The number of carbonyl (C=O) groups excluding carboxylic acids is 1. The third-order valence-electron chi connectivity index (χ3n) is 2.44. The van der Waals surface area contributed by atoms with Gasteiger partial charge in [0.15, 0.2) is 0 Å². The van der Waals surface area contributed by atoms with E-state index in [0.29, 0.717) is 13.0 Å². The molecule has 2 aromatic rings. The van der Waals surface area contributed by atoms with Crippen LogP contribution in [0.15, 0.2) is 29.0 Å². The highest BCUT2D eigenvalue weighted by molar-refractivity contribution is 9.10.